The van der Waals surface area contributed by atoms with Crippen LogP contribution in [0.25, 0.3) is 0 Å². The number of rotatable bonds is 7. The molecule has 0 radical (unpaired) electrons. The molecule has 1 amide bonds. The first-order valence-electron chi connectivity index (χ1n) is 11.5. The van der Waals surface area contributed by atoms with Crippen molar-refractivity contribution in [1.82, 2.24) is 10.2 Å². The fourth-order valence-electron chi connectivity index (χ4n) is 4.29. The standard InChI is InChI=1S/C27H30F2N4O/c1-31(2)24-11-5-20(6-12-24)26(19-30-27(34)21-3-7-22(28)8-4-21)33-17-15-32(16-18-33)25-13-9-23(29)10-14-25/h3-14,26H,15-19H2,1-2H3,(H,30,34)/t26-/m0/s1. The predicted molar refractivity (Wildman–Crippen MR) is 132 cm³/mol. The van der Waals surface area contributed by atoms with Gasteiger partial charge in [-0.25, -0.2) is 8.78 Å². The molecule has 7 heteroatoms. The zero-order valence-electron chi connectivity index (χ0n) is 19.5. The molecule has 1 saturated heterocycles. The molecule has 5 nitrogen and oxygen atoms in total. The topological polar surface area (TPSA) is 38.8 Å². The summed E-state index contributed by atoms with van der Waals surface area (Å²) in [5.41, 5.74) is 3.68. The van der Waals surface area contributed by atoms with Gasteiger partial charge in [0.25, 0.3) is 5.91 Å². The van der Waals surface area contributed by atoms with E-state index >= 15 is 0 Å². The number of hydrogen-bond donors (Lipinski definition) is 1. The zero-order valence-corrected chi connectivity index (χ0v) is 19.5. The van der Waals surface area contributed by atoms with Gasteiger partial charge in [0.1, 0.15) is 11.6 Å². The zero-order chi connectivity index (χ0) is 24.1. The molecule has 0 bridgehead atoms. The van der Waals surface area contributed by atoms with E-state index in [1.165, 1.54) is 36.4 Å². The largest absolute Gasteiger partial charge is 0.378 e. The van der Waals surface area contributed by atoms with Crippen LogP contribution in [0.2, 0.25) is 0 Å². The molecule has 0 aromatic heterocycles. The molecule has 1 heterocycles. The number of benzene rings is 3. The first-order valence-corrected chi connectivity index (χ1v) is 11.5. The lowest BCUT2D eigenvalue weighted by molar-refractivity contribution is 0.0930. The van der Waals surface area contributed by atoms with Gasteiger partial charge < -0.3 is 15.1 Å². The van der Waals surface area contributed by atoms with Crippen LogP contribution < -0.4 is 15.1 Å². The summed E-state index contributed by atoms with van der Waals surface area (Å²) in [4.78, 5) is 19.4. The lowest BCUT2D eigenvalue weighted by Gasteiger charge is -2.40. The van der Waals surface area contributed by atoms with E-state index in [2.05, 4.69) is 44.3 Å². The van der Waals surface area contributed by atoms with E-state index in [0.29, 0.717) is 12.1 Å². The molecule has 1 aliphatic rings. The summed E-state index contributed by atoms with van der Waals surface area (Å²) in [7, 11) is 4.01. The van der Waals surface area contributed by atoms with E-state index in [1.807, 2.05) is 26.2 Å². The van der Waals surface area contributed by atoms with E-state index < -0.39 is 0 Å². The van der Waals surface area contributed by atoms with E-state index in [-0.39, 0.29) is 23.6 Å². The molecule has 1 fully saturated rings. The van der Waals surface area contributed by atoms with Crippen molar-refractivity contribution in [2.75, 3.05) is 56.6 Å². The minimum absolute atomic E-state index is 0.00372. The Morgan fingerprint density at radius 2 is 1.41 bits per heavy atom. The molecule has 1 atom stereocenters. The second kappa shape index (κ2) is 10.7. The number of carbonyl (C=O) groups is 1. The number of piperazine rings is 1. The van der Waals surface area contributed by atoms with E-state index in [4.69, 9.17) is 0 Å². The molecule has 0 aliphatic carbocycles. The molecule has 178 valence electrons. The summed E-state index contributed by atoms with van der Waals surface area (Å²) in [5, 5.41) is 3.03. The summed E-state index contributed by atoms with van der Waals surface area (Å²) < 4.78 is 26.5. The van der Waals surface area contributed by atoms with Gasteiger partial charge in [-0.05, 0) is 66.2 Å². The van der Waals surface area contributed by atoms with Gasteiger partial charge in [-0.2, -0.15) is 0 Å². The van der Waals surface area contributed by atoms with E-state index in [9.17, 15) is 13.6 Å². The lowest BCUT2D eigenvalue weighted by atomic mass is 10.0. The Morgan fingerprint density at radius 3 is 1.97 bits per heavy atom. The number of nitrogens with zero attached hydrogens (tertiary/aromatic N) is 3. The SMILES string of the molecule is CN(C)c1ccc([C@H](CNC(=O)c2ccc(F)cc2)N2CCN(c3ccc(F)cc3)CC2)cc1. The first-order chi connectivity index (χ1) is 16.4. The second-order valence-corrected chi connectivity index (χ2v) is 8.72. The van der Waals surface area contributed by atoms with Gasteiger partial charge in [0.15, 0.2) is 0 Å². The highest BCUT2D eigenvalue weighted by Gasteiger charge is 2.26. The van der Waals surface area contributed by atoms with Crippen LogP contribution in [0.4, 0.5) is 20.2 Å². The normalized spacial score (nSPS) is 15.1. The lowest BCUT2D eigenvalue weighted by Crippen LogP contribution is -2.50. The van der Waals surface area contributed by atoms with Crippen molar-refractivity contribution < 1.29 is 13.6 Å². The van der Waals surface area contributed by atoms with Gasteiger partial charge in [0.2, 0.25) is 0 Å². The maximum absolute atomic E-state index is 13.3. The Kier molecular flexibility index (Phi) is 7.43. The Morgan fingerprint density at radius 1 is 0.853 bits per heavy atom. The highest BCUT2D eigenvalue weighted by molar-refractivity contribution is 5.94. The smallest absolute Gasteiger partial charge is 0.251 e. The molecule has 34 heavy (non-hydrogen) atoms. The minimum atomic E-state index is -0.366. The molecule has 1 N–H and O–H groups in total. The third-order valence-corrected chi connectivity index (χ3v) is 6.30. The Hall–Kier alpha value is -3.45. The summed E-state index contributed by atoms with van der Waals surface area (Å²) in [6.07, 6.45) is 0. The molecular weight excluding hydrogens is 434 g/mol. The highest BCUT2D eigenvalue weighted by atomic mass is 19.1. The van der Waals surface area contributed by atoms with E-state index in [1.54, 1.807) is 0 Å². The highest BCUT2D eigenvalue weighted by Crippen LogP contribution is 2.26. The van der Waals surface area contributed by atoms with Crippen LogP contribution in [-0.2, 0) is 0 Å². The fourth-order valence-corrected chi connectivity index (χ4v) is 4.29. The fraction of sp³-hybridized carbons (Fsp3) is 0.296. The van der Waals surface area contributed by atoms with Crippen molar-refractivity contribution in [1.29, 1.82) is 0 Å². The Labute approximate surface area is 199 Å². The quantitative estimate of drug-likeness (QED) is 0.565. The third-order valence-electron chi connectivity index (χ3n) is 6.30. The van der Waals surface area contributed by atoms with Crippen molar-refractivity contribution in [3.63, 3.8) is 0 Å². The Bertz CT molecular complexity index is 1080. The van der Waals surface area contributed by atoms with Crippen molar-refractivity contribution in [3.8, 4) is 0 Å². The van der Waals surface area contributed by atoms with Crippen LogP contribution in [0, 0.1) is 11.6 Å². The van der Waals surface area contributed by atoms with Gasteiger partial charge in [-0.15, -0.1) is 0 Å². The molecule has 0 saturated carbocycles. The second-order valence-electron chi connectivity index (χ2n) is 8.72. The Balaban J connectivity index is 1.47. The molecule has 0 spiro atoms. The van der Waals surface area contributed by atoms with Crippen LogP contribution in [0.5, 0.6) is 0 Å². The van der Waals surface area contributed by atoms with Crippen LogP contribution in [-0.4, -0.2) is 57.6 Å². The maximum atomic E-state index is 13.3. The maximum Gasteiger partial charge on any atom is 0.251 e. The summed E-state index contributed by atoms with van der Waals surface area (Å²) >= 11 is 0. The van der Waals surface area contributed by atoms with Gasteiger partial charge in [0.05, 0.1) is 6.04 Å². The number of halogens is 2. The van der Waals surface area contributed by atoms with Crippen molar-refractivity contribution in [2.45, 2.75) is 6.04 Å². The summed E-state index contributed by atoms with van der Waals surface area (Å²) in [5.74, 6) is -0.824. The molecule has 0 unspecified atom stereocenters. The van der Waals surface area contributed by atoms with Crippen molar-refractivity contribution in [2.24, 2.45) is 0 Å². The van der Waals surface area contributed by atoms with Crippen LogP contribution >= 0.6 is 0 Å². The molecule has 3 aromatic carbocycles. The molecule has 1 aliphatic heterocycles. The third kappa shape index (κ3) is 5.72. The molecule has 4 rings (SSSR count). The van der Waals surface area contributed by atoms with Crippen molar-refractivity contribution in [3.05, 3.63) is 95.6 Å². The average Bonchev–Trinajstić information content (AvgIpc) is 2.85. The van der Waals surface area contributed by atoms with E-state index in [0.717, 1.165) is 43.1 Å². The molecular formula is C27H30F2N4O. The number of hydrogen-bond acceptors (Lipinski definition) is 4. The van der Waals surface area contributed by atoms with Crippen LogP contribution in [0.15, 0.2) is 72.8 Å². The monoisotopic (exact) mass is 464 g/mol. The predicted octanol–water partition coefficient (Wildman–Crippen LogP) is 4.32. The summed E-state index contributed by atoms with van der Waals surface area (Å²) in [6, 6.07) is 20.5. The minimum Gasteiger partial charge on any atom is -0.378 e. The number of anilines is 2. The van der Waals surface area contributed by atoms with Gasteiger partial charge >= 0.3 is 0 Å². The van der Waals surface area contributed by atoms with Crippen LogP contribution in [0.1, 0.15) is 22.0 Å². The summed E-state index contributed by atoms with van der Waals surface area (Å²) in [6.45, 7) is 3.68. The first kappa shape index (κ1) is 23.7. The van der Waals surface area contributed by atoms with Gasteiger partial charge in [-0.1, -0.05) is 12.1 Å². The number of amides is 1. The van der Waals surface area contributed by atoms with Gasteiger partial charge in [0, 0.05) is 63.8 Å². The number of carbonyl (C=O) groups excluding carboxylic acids is 1. The van der Waals surface area contributed by atoms with Gasteiger partial charge in [-0.3, -0.25) is 9.69 Å². The molecule has 3 aromatic rings. The van der Waals surface area contributed by atoms with Crippen molar-refractivity contribution >= 4 is 17.3 Å². The average molecular weight is 465 g/mol. The van der Waals surface area contributed by atoms with Crippen LogP contribution in [0.3, 0.4) is 0 Å². The number of nitrogens with one attached hydrogen (secondary N) is 1.